The van der Waals surface area contributed by atoms with Crippen LogP contribution in [0.15, 0.2) is 23.1 Å². The van der Waals surface area contributed by atoms with Crippen molar-refractivity contribution in [3.63, 3.8) is 0 Å². The molecule has 0 aliphatic carbocycles. The van der Waals surface area contributed by atoms with Crippen molar-refractivity contribution in [1.82, 2.24) is 13.9 Å². The van der Waals surface area contributed by atoms with Crippen LogP contribution in [0.4, 0.5) is 0 Å². The van der Waals surface area contributed by atoms with Gasteiger partial charge in [-0.05, 0) is 37.6 Å². The minimum atomic E-state index is -3.72. The first-order valence-corrected chi connectivity index (χ1v) is 11.5. The van der Waals surface area contributed by atoms with E-state index in [1.54, 1.807) is 19.1 Å². The number of rotatable bonds is 7. The molecular formula is C16H27N3O4S2. The van der Waals surface area contributed by atoms with Crippen molar-refractivity contribution < 1.29 is 16.8 Å². The smallest absolute Gasteiger partial charge is 0.240 e. The van der Waals surface area contributed by atoms with Crippen LogP contribution in [0.2, 0.25) is 0 Å². The summed E-state index contributed by atoms with van der Waals surface area (Å²) in [7, 11) is -7.18. The molecule has 1 fully saturated rings. The molecule has 2 rings (SSSR count). The van der Waals surface area contributed by atoms with E-state index in [1.807, 2.05) is 19.9 Å². The van der Waals surface area contributed by atoms with Crippen LogP contribution in [0.5, 0.6) is 0 Å². The second-order valence-electron chi connectivity index (χ2n) is 6.32. The fraction of sp³-hybridized carbons (Fsp3) is 0.625. The van der Waals surface area contributed by atoms with Crippen molar-refractivity contribution in [2.45, 2.75) is 25.7 Å². The van der Waals surface area contributed by atoms with Crippen LogP contribution >= 0.6 is 0 Å². The lowest BCUT2D eigenvalue weighted by Gasteiger charge is -2.33. The molecule has 0 unspecified atom stereocenters. The number of hydrogen-bond acceptors (Lipinski definition) is 5. The van der Waals surface area contributed by atoms with Gasteiger partial charge in [0, 0.05) is 32.7 Å². The molecule has 0 amide bonds. The van der Waals surface area contributed by atoms with Crippen LogP contribution in [0.1, 0.15) is 18.1 Å². The van der Waals surface area contributed by atoms with Crippen molar-refractivity contribution in [2.75, 3.05) is 45.0 Å². The minimum Gasteiger partial charge on any atom is -0.301 e. The second kappa shape index (κ2) is 8.13. The van der Waals surface area contributed by atoms with E-state index >= 15 is 0 Å². The number of sulfonamides is 2. The Hall–Kier alpha value is -1.00. The van der Waals surface area contributed by atoms with Gasteiger partial charge in [0.05, 0.1) is 10.6 Å². The topological polar surface area (TPSA) is 86.8 Å². The van der Waals surface area contributed by atoms with Crippen LogP contribution in [-0.2, 0) is 20.0 Å². The highest BCUT2D eigenvalue weighted by Gasteiger charge is 2.27. The van der Waals surface area contributed by atoms with Gasteiger partial charge in [-0.25, -0.2) is 21.6 Å². The van der Waals surface area contributed by atoms with Gasteiger partial charge in [-0.3, -0.25) is 0 Å². The van der Waals surface area contributed by atoms with Gasteiger partial charge in [-0.1, -0.05) is 19.1 Å². The van der Waals surface area contributed by atoms with Crippen molar-refractivity contribution in [3.8, 4) is 0 Å². The van der Waals surface area contributed by atoms with Gasteiger partial charge in [0.25, 0.3) is 0 Å². The lowest BCUT2D eigenvalue weighted by Crippen LogP contribution is -2.49. The number of nitrogens with one attached hydrogen (secondary N) is 1. The average Bonchev–Trinajstić information content (AvgIpc) is 2.56. The lowest BCUT2D eigenvalue weighted by molar-refractivity contribution is 0.196. The minimum absolute atomic E-state index is 0.133. The van der Waals surface area contributed by atoms with Crippen LogP contribution in [0.3, 0.4) is 0 Å². The van der Waals surface area contributed by atoms with Crippen molar-refractivity contribution >= 4 is 20.0 Å². The molecule has 1 saturated heterocycles. The van der Waals surface area contributed by atoms with Crippen LogP contribution < -0.4 is 4.72 Å². The molecule has 25 heavy (non-hydrogen) atoms. The molecule has 0 spiro atoms. The SMILES string of the molecule is CCN1CCN(S(=O)(=O)CCNS(=O)(=O)c2cc(C)ccc2C)CC1. The summed E-state index contributed by atoms with van der Waals surface area (Å²) in [6, 6.07) is 5.18. The van der Waals surface area contributed by atoms with E-state index < -0.39 is 20.0 Å². The molecule has 1 aliphatic heterocycles. The summed E-state index contributed by atoms with van der Waals surface area (Å²) in [5, 5.41) is 0. The third-order valence-electron chi connectivity index (χ3n) is 4.46. The molecule has 0 atom stereocenters. The molecule has 142 valence electrons. The Morgan fingerprint density at radius 1 is 1.04 bits per heavy atom. The zero-order valence-corrected chi connectivity index (χ0v) is 16.7. The predicted octanol–water partition coefficient (Wildman–Crippen LogP) is 0.549. The van der Waals surface area contributed by atoms with E-state index in [0.717, 1.165) is 12.1 Å². The van der Waals surface area contributed by atoms with Gasteiger partial charge in [-0.15, -0.1) is 0 Å². The first-order valence-electron chi connectivity index (χ1n) is 8.43. The first-order chi connectivity index (χ1) is 11.7. The molecule has 1 aliphatic rings. The molecule has 0 aromatic heterocycles. The van der Waals surface area contributed by atoms with E-state index in [4.69, 9.17) is 0 Å². The predicted molar refractivity (Wildman–Crippen MR) is 98.6 cm³/mol. The zero-order valence-electron chi connectivity index (χ0n) is 15.0. The number of nitrogens with zero attached hydrogens (tertiary/aromatic N) is 2. The quantitative estimate of drug-likeness (QED) is 0.736. The van der Waals surface area contributed by atoms with Crippen LogP contribution in [0.25, 0.3) is 0 Å². The summed E-state index contributed by atoms with van der Waals surface area (Å²) in [4.78, 5) is 2.39. The maximum atomic E-state index is 12.4. The Labute approximate surface area is 151 Å². The molecule has 1 aromatic carbocycles. The lowest BCUT2D eigenvalue weighted by atomic mass is 10.2. The van der Waals surface area contributed by atoms with E-state index in [-0.39, 0.29) is 17.2 Å². The van der Waals surface area contributed by atoms with Gasteiger partial charge in [-0.2, -0.15) is 4.31 Å². The Balaban J connectivity index is 1.96. The fourth-order valence-corrected chi connectivity index (χ4v) is 5.66. The molecule has 1 aromatic rings. The van der Waals surface area contributed by atoms with Crippen molar-refractivity contribution in [2.24, 2.45) is 0 Å². The van der Waals surface area contributed by atoms with Gasteiger partial charge in [0.15, 0.2) is 0 Å². The second-order valence-corrected chi connectivity index (χ2v) is 10.1. The van der Waals surface area contributed by atoms with Gasteiger partial charge >= 0.3 is 0 Å². The molecular weight excluding hydrogens is 362 g/mol. The van der Waals surface area contributed by atoms with Crippen molar-refractivity contribution in [3.05, 3.63) is 29.3 Å². The molecule has 0 radical (unpaired) electrons. The monoisotopic (exact) mass is 389 g/mol. The highest BCUT2D eigenvalue weighted by Crippen LogP contribution is 2.16. The molecule has 0 bridgehead atoms. The Bertz CT molecular complexity index is 799. The molecule has 7 nitrogen and oxygen atoms in total. The summed E-state index contributed by atoms with van der Waals surface area (Å²) >= 11 is 0. The summed E-state index contributed by atoms with van der Waals surface area (Å²) < 4.78 is 53.5. The van der Waals surface area contributed by atoms with Crippen LogP contribution in [-0.4, -0.2) is 71.1 Å². The summed E-state index contributed by atoms with van der Waals surface area (Å²) in [5.74, 6) is -0.233. The van der Waals surface area contributed by atoms with Gasteiger partial charge in [0.1, 0.15) is 0 Å². The molecule has 9 heteroatoms. The normalized spacial score (nSPS) is 17.7. The maximum absolute atomic E-state index is 12.4. The Morgan fingerprint density at radius 2 is 1.68 bits per heavy atom. The highest BCUT2D eigenvalue weighted by molar-refractivity contribution is 7.90. The zero-order chi connectivity index (χ0) is 18.7. The third-order valence-corrected chi connectivity index (χ3v) is 7.93. The molecule has 0 saturated carbocycles. The standard InChI is InChI=1S/C16H27N3O4S2/c1-4-18-8-10-19(11-9-18)24(20,21)12-7-17-25(22,23)16-13-14(2)5-6-15(16)3/h5-6,13,17H,4,7-12H2,1-3H3. The number of hydrogen-bond donors (Lipinski definition) is 1. The highest BCUT2D eigenvalue weighted by atomic mass is 32.2. The summed E-state index contributed by atoms with van der Waals surface area (Å²) in [6.07, 6.45) is 0. The first kappa shape index (κ1) is 20.3. The number of benzene rings is 1. The Kier molecular flexibility index (Phi) is 6.61. The molecule has 1 heterocycles. The van der Waals surface area contributed by atoms with Crippen molar-refractivity contribution in [1.29, 1.82) is 0 Å². The third kappa shape index (κ3) is 5.24. The van der Waals surface area contributed by atoms with E-state index in [2.05, 4.69) is 9.62 Å². The van der Waals surface area contributed by atoms with E-state index in [0.29, 0.717) is 31.7 Å². The van der Waals surface area contributed by atoms with Gasteiger partial charge in [0.2, 0.25) is 20.0 Å². The number of aryl methyl sites for hydroxylation is 2. The average molecular weight is 390 g/mol. The fourth-order valence-electron chi connectivity index (χ4n) is 2.83. The van der Waals surface area contributed by atoms with Gasteiger partial charge < -0.3 is 4.90 Å². The van der Waals surface area contributed by atoms with E-state index in [1.165, 1.54) is 4.31 Å². The van der Waals surface area contributed by atoms with Crippen LogP contribution in [0, 0.1) is 13.8 Å². The maximum Gasteiger partial charge on any atom is 0.240 e. The Morgan fingerprint density at radius 3 is 2.28 bits per heavy atom. The summed E-state index contributed by atoms with van der Waals surface area (Å²) in [5.41, 5.74) is 1.48. The number of likely N-dealkylation sites (N-methyl/N-ethyl adjacent to an activating group) is 1. The largest absolute Gasteiger partial charge is 0.301 e. The summed E-state index contributed by atoms with van der Waals surface area (Å²) in [6.45, 7) is 8.70. The number of piperazine rings is 1. The molecule has 1 N–H and O–H groups in total. The van der Waals surface area contributed by atoms with E-state index in [9.17, 15) is 16.8 Å².